The summed E-state index contributed by atoms with van der Waals surface area (Å²) in [6.45, 7) is 7.29. The Kier molecular flexibility index (Phi) is 13.0. The number of carbonyl (C=O) groups is 5. The van der Waals surface area contributed by atoms with Crippen LogP contribution in [0, 0.1) is 17.0 Å². The normalized spacial score (nSPS) is 23.0. The number of carboxylic acid groups (broad SMARTS) is 1. The van der Waals surface area contributed by atoms with Gasteiger partial charge in [0.15, 0.2) is 17.3 Å². The van der Waals surface area contributed by atoms with Crippen LogP contribution in [-0.2, 0) is 30.1 Å². The highest BCUT2D eigenvalue weighted by Crippen LogP contribution is 2.48. The Labute approximate surface area is 345 Å². The van der Waals surface area contributed by atoms with Gasteiger partial charge in [-0.25, -0.2) is 18.4 Å². The zero-order valence-corrected chi connectivity index (χ0v) is 34.5. The highest BCUT2D eigenvalue weighted by Gasteiger charge is 2.56. The van der Waals surface area contributed by atoms with E-state index in [4.69, 9.17) is 35.1 Å². The summed E-state index contributed by atoms with van der Waals surface area (Å²) in [6, 6.07) is -0.0627. The Balaban J connectivity index is 1.37. The standard InChI is InChI=1S/C39H49BClF2N5O11/c1-38(2)12-9-25-39(3,19-38)59-40(58-25)26(17-20-7-8-23(42)27(36(52)53)30(20)55-4)45-33(49)29(22-18-24(43)31(56-5)32(57-6)28(22)41)46-37(54)48-16-15-47(34(50)35(48)51)21-10-13-44-14-11-21/h7-8,18,21,25-26,29,44H,9-17,19H2,1-6H3,(H,45,49)(H,46,54)(H,52,53). The molecule has 4 unspecified atom stereocenters. The van der Waals surface area contributed by atoms with E-state index < -0.39 is 77.7 Å². The molecular weight excluding hydrogens is 799 g/mol. The van der Waals surface area contributed by atoms with Gasteiger partial charge in [-0.2, -0.15) is 0 Å². The molecule has 16 nitrogen and oxygen atoms in total. The number of hydrogen-bond donors (Lipinski definition) is 4. The van der Waals surface area contributed by atoms with E-state index >= 15 is 4.39 Å². The number of nitrogens with one attached hydrogen (secondary N) is 3. The lowest BCUT2D eigenvalue weighted by Crippen LogP contribution is -2.62. The van der Waals surface area contributed by atoms with Crippen LogP contribution in [0.5, 0.6) is 17.2 Å². The number of aromatic carboxylic acids is 1. The van der Waals surface area contributed by atoms with Gasteiger partial charge in [0.2, 0.25) is 5.91 Å². The molecule has 0 radical (unpaired) electrons. The zero-order chi connectivity index (χ0) is 43.0. The van der Waals surface area contributed by atoms with Gasteiger partial charge in [-0.15, -0.1) is 0 Å². The molecular formula is C39H49BClF2N5O11. The Morgan fingerprint density at radius 1 is 0.983 bits per heavy atom. The van der Waals surface area contributed by atoms with Crippen molar-refractivity contribution in [2.45, 2.75) is 89.0 Å². The fourth-order valence-corrected chi connectivity index (χ4v) is 9.16. The fraction of sp³-hybridized carbons (Fsp3) is 0.564. The zero-order valence-electron chi connectivity index (χ0n) is 33.7. The molecule has 1 aliphatic carbocycles. The van der Waals surface area contributed by atoms with E-state index in [9.17, 15) is 33.5 Å². The van der Waals surface area contributed by atoms with Crippen molar-refractivity contribution in [2.75, 3.05) is 47.5 Å². The number of imide groups is 1. The van der Waals surface area contributed by atoms with Gasteiger partial charge in [0, 0.05) is 24.7 Å². The fourth-order valence-electron chi connectivity index (χ4n) is 8.84. The molecule has 4 N–H and O–H groups in total. The second-order valence-electron chi connectivity index (χ2n) is 16.2. The largest absolute Gasteiger partial charge is 0.495 e. The van der Waals surface area contributed by atoms with Crippen molar-refractivity contribution in [3.8, 4) is 17.2 Å². The van der Waals surface area contributed by atoms with Crippen LogP contribution in [-0.4, -0.2) is 123 Å². The van der Waals surface area contributed by atoms with E-state index in [2.05, 4.69) is 29.8 Å². The van der Waals surface area contributed by atoms with E-state index in [1.54, 1.807) is 0 Å². The van der Waals surface area contributed by atoms with Crippen molar-refractivity contribution in [1.29, 1.82) is 0 Å². The van der Waals surface area contributed by atoms with Crippen molar-refractivity contribution < 1.29 is 61.4 Å². The minimum Gasteiger partial charge on any atom is -0.495 e. The number of carboxylic acids is 1. The van der Waals surface area contributed by atoms with E-state index in [-0.39, 0.29) is 64.4 Å². The van der Waals surface area contributed by atoms with Crippen LogP contribution in [0.15, 0.2) is 18.2 Å². The number of piperazine rings is 1. The molecule has 3 saturated heterocycles. The smallest absolute Gasteiger partial charge is 0.482 e. The van der Waals surface area contributed by atoms with Gasteiger partial charge in [0.05, 0.1) is 44.0 Å². The topological polar surface area (TPSA) is 194 Å². The second-order valence-corrected chi connectivity index (χ2v) is 16.6. The predicted octanol–water partition coefficient (Wildman–Crippen LogP) is 3.65. The number of piperidine rings is 1. The van der Waals surface area contributed by atoms with Gasteiger partial charge >= 0.3 is 30.9 Å². The summed E-state index contributed by atoms with van der Waals surface area (Å²) in [5.74, 6) is -8.81. The van der Waals surface area contributed by atoms with Gasteiger partial charge in [0.1, 0.15) is 23.2 Å². The summed E-state index contributed by atoms with van der Waals surface area (Å²) in [6.07, 6.45) is 2.66. The first-order valence-electron chi connectivity index (χ1n) is 19.4. The lowest BCUT2D eigenvalue weighted by atomic mass is 9.69. The third-order valence-corrected chi connectivity index (χ3v) is 12.0. The number of urea groups is 1. The maximum absolute atomic E-state index is 15.7. The molecule has 4 fully saturated rings. The van der Waals surface area contributed by atoms with Crippen molar-refractivity contribution in [2.24, 2.45) is 5.41 Å². The van der Waals surface area contributed by atoms with Crippen LogP contribution in [0.1, 0.15) is 80.4 Å². The maximum atomic E-state index is 15.7. The van der Waals surface area contributed by atoms with E-state index in [0.717, 1.165) is 18.6 Å². The average Bonchev–Trinajstić information content (AvgIpc) is 3.54. The second kappa shape index (κ2) is 17.5. The molecule has 5 amide bonds. The summed E-state index contributed by atoms with van der Waals surface area (Å²) >= 11 is 6.75. The van der Waals surface area contributed by atoms with E-state index in [1.165, 1.54) is 32.3 Å². The van der Waals surface area contributed by atoms with Gasteiger partial charge in [0.25, 0.3) is 0 Å². The molecule has 0 bridgehead atoms. The summed E-state index contributed by atoms with van der Waals surface area (Å²) in [5.41, 5.74) is -1.79. The van der Waals surface area contributed by atoms with Crippen molar-refractivity contribution in [3.63, 3.8) is 0 Å². The average molecular weight is 848 g/mol. The predicted molar refractivity (Wildman–Crippen MR) is 208 cm³/mol. The quantitative estimate of drug-likeness (QED) is 0.179. The molecule has 0 spiro atoms. The number of hydrogen-bond acceptors (Lipinski definition) is 11. The Morgan fingerprint density at radius 3 is 2.31 bits per heavy atom. The molecule has 0 aromatic heterocycles. The lowest BCUT2D eigenvalue weighted by Gasteiger charge is -2.43. The summed E-state index contributed by atoms with van der Waals surface area (Å²) in [4.78, 5) is 69.8. The Bertz CT molecular complexity index is 2010. The molecule has 4 aliphatic rings. The Hall–Kier alpha value is -4.72. The number of benzene rings is 2. The number of nitrogens with zero attached hydrogens (tertiary/aromatic N) is 2. The van der Waals surface area contributed by atoms with Crippen molar-refractivity contribution in [3.05, 3.63) is 51.5 Å². The monoisotopic (exact) mass is 847 g/mol. The minimum absolute atomic E-state index is 0.0538. The molecule has 20 heteroatoms. The minimum atomic E-state index is -1.86. The summed E-state index contributed by atoms with van der Waals surface area (Å²) in [7, 11) is 2.37. The number of ether oxygens (including phenoxy) is 3. The number of amides is 5. The lowest BCUT2D eigenvalue weighted by molar-refractivity contribution is -0.155. The van der Waals surface area contributed by atoms with Gasteiger partial charge in [-0.05, 0) is 81.6 Å². The summed E-state index contributed by atoms with van der Waals surface area (Å²) < 4.78 is 59.4. The number of halogens is 3. The number of fused-ring (bicyclic) bond motifs is 1. The molecule has 6 rings (SSSR count). The van der Waals surface area contributed by atoms with Gasteiger partial charge in [-0.1, -0.05) is 31.5 Å². The molecule has 1 saturated carbocycles. The van der Waals surface area contributed by atoms with Crippen LogP contribution < -0.4 is 30.2 Å². The molecule has 2 aromatic carbocycles. The van der Waals surface area contributed by atoms with Crippen LogP contribution in [0.3, 0.4) is 0 Å². The van der Waals surface area contributed by atoms with E-state index in [1.807, 2.05) is 6.92 Å². The number of carbonyl (C=O) groups excluding carboxylic acids is 4. The molecule has 2 aromatic rings. The highest BCUT2D eigenvalue weighted by molar-refractivity contribution is 6.48. The van der Waals surface area contributed by atoms with Crippen molar-refractivity contribution >= 4 is 48.4 Å². The number of methoxy groups -OCH3 is 3. The molecule has 3 aliphatic heterocycles. The molecule has 4 atom stereocenters. The first kappa shape index (κ1) is 43.9. The molecule has 3 heterocycles. The Morgan fingerprint density at radius 2 is 1.66 bits per heavy atom. The van der Waals surface area contributed by atoms with Crippen LogP contribution in [0.4, 0.5) is 13.6 Å². The van der Waals surface area contributed by atoms with Gasteiger partial charge in [-0.3, -0.25) is 19.3 Å². The summed E-state index contributed by atoms with van der Waals surface area (Å²) in [5, 5.41) is 18.0. The molecule has 320 valence electrons. The van der Waals surface area contributed by atoms with Crippen molar-refractivity contribution in [1.82, 2.24) is 25.8 Å². The highest BCUT2D eigenvalue weighted by atomic mass is 35.5. The van der Waals surface area contributed by atoms with Crippen LogP contribution in [0.2, 0.25) is 5.02 Å². The maximum Gasteiger partial charge on any atom is 0.482 e. The number of rotatable bonds is 12. The SMILES string of the molecule is COc1c(F)cc(C(NC(=O)N2CCN(C3CCNCC3)C(=O)C2=O)C(=O)NC(Cc2ccc(F)c(C(=O)O)c2OC)B2OC3CCC(C)(C)CC3(C)O2)c(Cl)c1OC. The van der Waals surface area contributed by atoms with Crippen LogP contribution >= 0.6 is 11.6 Å². The first-order valence-corrected chi connectivity index (χ1v) is 19.8. The van der Waals surface area contributed by atoms with Gasteiger partial charge < -0.3 is 49.5 Å². The first-order chi connectivity index (χ1) is 27.9. The third kappa shape index (κ3) is 8.79. The third-order valence-electron chi connectivity index (χ3n) is 11.6. The van der Waals surface area contributed by atoms with Crippen LogP contribution in [0.25, 0.3) is 0 Å². The molecule has 59 heavy (non-hydrogen) atoms. The van der Waals surface area contributed by atoms with E-state index in [0.29, 0.717) is 43.7 Å².